The number of nitrogens with zero attached hydrogens (tertiary/aromatic N) is 1. The summed E-state index contributed by atoms with van der Waals surface area (Å²) in [6, 6.07) is 5.93. The molecule has 19 heavy (non-hydrogen) atoms. The molecule has 0 fully saturated rings. The van der Waals surface area contributed by atoms with Gasteiger partial charge in [0.2, 0.25) is 10.0 Å². The van der Waals surface area contributed by atoms with E-state index in [1.807, 2.05) is 6.07 Å². The van der Waals surface area contributed by atoms with Gasteiger partial charge in [0.1, 0.15) is 6.04 Å². The Kier molecular flexibility index (Phi) is 4.64. The SMILES string of the molecule is CC(C)[C@@H](NS(=O)(=O)c1ccc(C#N)cc1)C(=O)O. The predicted octanol–water partition coefficient (Wildman–Crippen LogP) is 0.946. The lowest BCUT2D eigenvalue weighted by Crippen LogP contribution is -2.44. The quantitative estimate of drug-likeness (QED) is 0.836. The lowest BCUT2D eigenvalue weighted by atomic mass is 10.1. The third kappa shape index (κ3) is 3.77. The van der Waals surface area contributed by atoms with Gasteiger partial charge in [-0.3, -0.25) is 4.79 Å². The van der Waals surface area contributed by atoms with Crippen LogP contribution in [0.4, 0.5) is 0 Å². The topological polar surface area (TPSA) is 107 Å². The number of hydrogen-bond donors (Lipinski definition) is 2. The van der Waals surface area contributed by atoms with E-state index in [2.05, 4.69) is 4.72 Å². The third-order valence-electron chi connectivity index (χ3n) is 2.51. The highest BCUT2D eigenvalue weighted by Gasteiger charge is 2.27. The smallest absolute Gasteiger partial charge is 0.322 e. The fourth-order valence-corrected chi connectivity index (χ4v) is 2.75. The molecule has 0 aliphatic carbocycles. The number of rotatable bonds is 5. The van der Waals surface area contributed by atoms with Crippen molar-refractivity contribution in [2.24, 2.45) is 5.92 Å². The van der Waals surface area contributed by atoms with Crippen LogP contribution in [0.2, 0.25) is 0 Å². The van der Waals surface area contributed by atoms with Crippen LogP contribution in [-0.4, -0.2) is 25.5 Å². The summed E-state index contributed by atoms with van der Waals surface area (Å²) in [5.41, 5.74) is 0.331. The van der Waals surface area contributed by atoms with Crippen molar-refractivity contribution >= 4 is 16.0 Å². The van der Waals surface area contributed by atoms with E-state index in [4.69, 9.17) is 10.4 Å². The maximum absolute atomic E-state index is 12.0. The van der Waals surface area contributed by atoms with E-state index in [1.54, 1.807) is 13.8 Å². The van der Waals surface area contributed by atoms with Crippen LogP contribution in [0.1, 0.15) is 19.4 Å². The van der Waals surface area contributed by atoms with Gasteiger partial charge in [-0.1, -0.05) is 13.8 Å². The maximum atomic E-state index is 12.0. The first-order valence-electron chi connectivity index (χ1n) is 5.53. The Morgan fingerprint density at radius 1 is 1.32 bits per heavy atom. The molecule has 102 valence electrons. The fraction of sp³-hybridized carbons (Fsp3) is 0.333. The number of aliphatic carboxylic acids is 1. The number of carbonyl (C=O) groups is 1. The molecule has 6 nitrogen and oxygen atoms in total. The standard InChI is InChI=1S/C12H14N2O4S/c1-8(2)11(12(15)16)14-19(17,18)10-5-3-9(7-13)4-6-10/h3-6,8,11,14H,1-2H3,(H,15,16)/t11-/m1/s1. The number of nitrogens with one attached hydrogen (secondary N) is 1. The third-order valence-corrected chi connectivity index (χ3v) is 3.97. The van der Waals surface area contributed by atoms with Crippen molar-refractivity contribution < 1.29 is 18.3 Å². The maximum Gasteiger partial charge on any atom is 0.322 e. The van der Waals surface area contributed by atoms with E-state index >= 15 is 0 Å². The molecule has 0 saturated heterocycles. The van der Waals surface area contributed by atoms with E-state index < -0.39 is 22.0 Å². The Morgan fingerprint density at radius 2 is 1.84 bits per heavy atom. The van der Waals surface area contributed by atoms with Gasteiger partial charge in [0.05, 0.1) is 16.5 Å². The molecule has 0 saturated carbocycles. The molecule has 2 N–H and O–H groups in total. The molecule has 0 radical (unpaired) electrons. The van der Waals surface area contributed by atoms with Crippen LogP contribution in [-0.2, 0) is 14.8 Å². The van der Waals surface area contributed by atoms with Crippen molar-refractivity contribution in [3.05, 3.63) is 29.8 Å². The van der Waals surface area contributed by atoms with Crippen LogP contribution in [0.5, 0.6) is 0 Å². The minimum absolute atomic E-state index is 0.0709. The summed E-state index contributed by atoms with van der Waals surface area (Å²) in [7, 11) is -3.91. The van der Waals surface area contributed by atoms with Gasteiger partial charge >= 0.3 is 5.97 Å². The van der Waals surface area contributed by atoms with Crippen molar-refractivity contribution in [2.75, 3.05) is 0 Å². The second-order valence-electron chi connectivity index (χ2n) is 4.32. The molecule has 1 atom stereocenters. The molecular weight excluding hydrogens is 268 g/mol. The summed E-state index contributed by atoms with van der Waals surface area (Å²) in [6.45, 7) is 3.22. The average Bonchev–Trinajstić information content (AvgIpc) is 2.35. The van der Waals surface area contributed by atoms with Crippen LogP contribution < -0.4 is 4.72 Å². The lowest BCUT2D eigenvalue weighted by Gasteiger charge is -2.17. The zero-order valence-corrected chi connectivity index (χ0v) is 11.3. The molecule has 7 heteroatoms. The van der Waals surface area contributed by atoms with Crippen LogP contribution in [0.25, 0.3) is 0 Å². The molecule has 1 rings (SSSR count). The number of sulfonamides is 1. The van der Waals surface area contributed by atoms with E-state index in [-0.39, 0.29) is 10.8 Å². The molecule has 0 amide bonds. The van der Waals surface area contributed by atoms with Gasteiger partial charge in [0.15, 0.2) is 0 Å². The molecule has 1 aromatic rings. The highest BCUT2D eigenvalue weighted by molar-refractivity contribution is 7.89. The predicted molar refractivity (Wildman–Crippen MR) is 67.7 cm³/mol. The van der Waals surface area contributed by atoms with Crippen molar-refractivity contribution in [1.82, 2.24) is 4.72 Å². The van der Waals surface area contributed by atoms with Gasteiger partial charge in [-0.05, 0) is 30.2 Å². The molecule has 0 spiro atoms. The zero-order valence-electron chi connectivity index (χ0n) is 10.5. The molecule has 0 aromatic heterocycles. The first-order valence-corrected chi connectivity index (χ1v) is 7.01. The summed E-state index contributed by atoms with van der Waals surface area (Å²) in [4.78, 5) is 10.9. The summed E-state index contributed by atoms with van der Waals surface area (Å²) < 4.78 is 26.1. The minimum atomic E-state index is -3.91. The van der Waals surface area contributed by atoms with Gasteiger partial charge in [-0.15, -0.1) is 0 Å². The Morgan fingerprint density at radius 3 is 2.21 bits per heavy atom. The number of carboxylic acid groups (broad SMARTS) is 1. The highest BCUT2D eigenvalue weighted by Crippen LogP contribution is 2.13. The van der Waals surface area contributed by atoms with Crippen molar-refractivity contribution in [3.63, 3.8) is 0 Å². The second-order valence-corrected chi connectivity index (χ2v) is 6.03. The van der Waals surface area contributed by atoms with Gasteiger partial charge in [-0.2, -0.15) is 9.98 Å². The molecule has 0 aliphatic heterocycles. The first-order chi connectivity index (χ1) is 8.77. The molecular formula is C12H14N2O4S. The Bertz CT molecular complexity index is 600. The summed E-state index contributed by atoms with van der Waals surface area (Å²) in [5, 5.41) is 17.6. The monoisotopic (exact) mass is 282 g/mol. The number of benzene rings is 1. The van der Waals surface area contributed by atoms with Crippen LogP contribution >= 0.6 is 0 Å². The molecule has 0 unspecified atom stereocenters. The second kappa shape index (κ2) is 5.82. The highest BCUT2D eigenvalue weighted by atomic mass is 32.2. The average molecular weight is 282 g/mol. The van der Waals surface area contributed by atoms with Crippen LogP contribution in [0.15, 0.2) is 29.2 Å². The van der Waals surface area contributed by atoms with Gasteiger partial charge < -0.3 is 5.11 Å². The number of carboxylic acids is 1. The fourth-order valence-electron chi connectivity index (χ4n) is 1.42. The normalized spacial score (nSPS) is 12.9. The largest absolute Gasteiger partial charge is 0.480 e. The molecule has 0 heterocycles. The van der Waals surface area contributed by atoms with Crippen molar-refractivity contribution in [1.29, 1.82) is 5.26 Å². The van der Waals surface area contributed by atoms with Crippen LogP contribution in [0, 0.1) is 17.2 Å². The molecule has 1 aromatic carbocycles. The Labute approximate surface area is 111 Å². The first kappa shape index (κ1) is 15.1. The Balaban J connectivity index is 3.03. The molecule has 0 aliphatic rings. The number of nitriles is 1. The van der Waals surface area contributed by atoms with E-state index in [0.29, 0.717) is 5.56 Å². The minimum Gasteiger partial charge on any atom is -0.480 e. The van der Waals surface area contributed by atoms with E-state index in [9.17, 15) is 13.2 Å². The molecule has 0 bridgehead atoms. The summed E-state index contributed by atoms with van der Waals surface area (Å²) in [5.74, 6) is -1.61. The number of hydrogen-bond acceptors (Lipinski definition) is 4. The van der Waals surface area contributed by atoms with Gasteiger partial charge in [0.25, 0.3) is 0 Å². The van der Waals surface area contributed by atoms with Gasteiger partial charge in [-0.25, -0.2) is 8.42 Å². The van der Waals surface area contributed by atoms with Crippen LogP contribution in [0.3, 0.4) is 0 Å². The lowest BCUT2D eigenvalue weighted by molar-refractivity contribution is -0.140. The summed E-state index contributed by atoms with van der Waals surface area (Å²) in [6.07, 6.45) is 0. The zero-order chi connectivity index (χ0) is 14.6. The summed E-state index contributed by atoms with van der Waals surface area (Å²) >= 11 is 0. The van der Waals surface area contributed by atoms with E-state index in [0.717, 1.165) is 0 Å². The van der Waals surface area contributed by atoms with Gasteiger partial charge in [0, 0.05) is 0 Å². The Hall–Kier alpha value is -1.91. The van der Waals surface area contributed by atoms with E-state index in [1.165, 1.54) is 24.3 Å². The van der Waals surface area contributed by atoms with Crippen molar-refractivity contribution in [3.8, 4) is 6.07 Å². The van der Waals surface area contributed by atoms with Crippen molar-refractivity contribution in [2.45, 2.75) is 24.8 Å².